The first kappa shape index (κ1) is 8.45. The molecule has 4 nitrogen and oxygen atoms in total. The first-order chi connectivity index (χ1) is 5.54. The van der Waals surface area contributed by atoms with Crippen LogP contribution in [0.1, 0.15) is 5.56 Å². The van der Waals surface area contributed by atoms with Crippen LogP contribution in [0, 0.1) is 22.9 Å². The number of hydrogen-bond donors (Lipinski definition) is 1. The van der Waals surface area contributed by atoms with Crippen molar-refractivity contribution >= 4 is 5.69 Å². The molecule has 0 unspecified atom stereocenters. The minimum Gasteiger partial charge on any atom is -0.502 e. The monoisotopic (exact) mass is 171 g/mol. The Morgan fingerprint density at radius 2 is 2.17 bits per heavy atom. The molecule has 0 fully saturated rings. The Labute approximate surface area is 67.4 Å². The van der Waals surface area contributed by atoms with E-state index in [1.165, 1.54) is 13.0 Å². The summed E-state index contributed by atoms with van der Waals surface area (Å²) in [5, 5.41) is 19.1. The molecule has 5 heteroatoms. The molecule has 0 spiro atoms. The molecule has 0 aliphatic heterocycles. The SMILES string of the molecule is Cc1ccc(O)c([N+](=O)[O-])c1F. The Hall–Kier alpha value is -1.65. The fourth-order valence-electron chi connectivity index (χ4n) is 0.829. The van der Waals surface area contributed by atoms with E-state index in [1.54, 1.807) is 0 Å². The Balaban J connectivity index is 3.43. The Morgan fingerprint density at radius 3 is 2.58 bits per heavy atom. The van der Waals surface area contributed by atoms with Crippen LogP contribution in [-0.4, -0.2) is 10.0 Å². The van der Waals surface area contributed by atoms with E-state index in [-0.39, 0.29) is 5.56 Å². The van der Waals surface area contributed by atoms with Gasteiger partial charge >= 0.3 is 5.69 Å². The highest BCUT2D eigenvalue weighted by Crippen LogP contribution is 2.29. The lowest BCUT2D eigenvalue weighted by molar-refractivity contribution is -0.388. The predicted molar refractivity (Wildman–Crippen MR) is 39.5 cm³/mol. The second-order valence-corrected chi connectivity index (χ2v) is 2.32. The zero-order valence-electron chi connectivity index (χ0n) is 6.24. The van der Waals surface area contributed by atoms with Gasteiger partial charge in [-0.25, -0.2) is 0 Å². The fraction of sp³-hybridized carbons (Fsp3) is 0.143. The number of halogens is 1. The van der Waals surface area contributed by atoms with Crippen LogP contribution < -0.4 is 0 Å². The van der Waals surface area contributed by atoms with Gasteiger partial charge in [-0.3, -0.25) is 10.1 Å². The van der Waals surface area contributed by atoms with Gasteiger partial charge in [-0.2, -0.15) is 4.39 Å². The number of aromatic hydroxyl groups is 1. The Morgan fingerprint density at radius 1 is 1.58 bits per heavy atom. The lowest BCUT2D eigenvalue weighted by Gasteiger charge is -1.98. The van der Waals surface area contributed by atoms with Gasteiger partial charge in [0.1, 0.15) is 0 Å². The molecule has 0 atom stereocenters. The minimum absolute atomic E-state index is 0.138. The molecule has 12 heavy (non-hydrogen) atoms. The highest BCUT2D eigenvalue weighted by atomic mass is 19.1. The van der Waals surface area contributed by atoms with E-state index in [9.17, 15) is 14.5 Å². The molecule has 0 heterocycles. The number of phenolic OH excluding ortho intramolecular Hbond substituents is 1. The summed E-state index contributed by atoms with van der Waals surface area (Å²) in [5.41, 5.74) is -0.727. The van der Waals surface area contributed by atoms with Crippen molar-refractivity contribution in [2.24, 2.45) is 0 Å². The third kappa shape index (κ3) is 1.20. The van der Waals surface area contributed by atoms with Gasteiger partial charge in [-0.05, 0) is 18.6 Å². The van der Waals surface area contributed by atoms with Crippen LogP contribution in [0.5, 0.6) is 5.75 Å². The smallest absolute Gasteiger partial charge is 0.346 e. The summed E-state index contributed by atoms with van der Waals surface area (Å²) in [5.74, 6) is -1.64. The highest BCUT2D eigenvalue weighted by molar-refractivity contribution is 5.48. The molecule has 64 valence electrons. The third-order valence-corrected chi connectivity index (χ3v) is 1.47. The molecule has 1 aromatic rings. The van der Waals surface area contributed by atoms with Gasteiger partial charge < -0.3 is 5.11 Å². The molecule has 0 aliphatic carbocycles. The summed E-state index contributed by atoms with van der Waals surface area (Å²) in [6, 6.07) is 2.37. The van der Waals surface area contributed by atoms with Crippen molar-refractivity contribution in [3.05, 3.63) is 33.6 Å². The average Bonchev–Trinajstić information content (AvgIpc) is 1.97. The number of benzene rings is 1. The van der Waals surface area contributed by atoms with Gasteiger partial charge in [-0.15, -0.1) is 0 Å². The second kappa shape index (κ2) is 2.77. The van der Waals surface area contributed by atoms with Crippen molar-refractivity contribution in [1.29, 1.82) is 0 Å². The van der Waals surface area contributed by atoms with E-state index < -0.39 is 22.2 Å². The van der Waals surface area contributed by atoms with Crippen LogP contribution in [-0.2, 0) is 0 Å². The zero-order valence-corrected chi connectivity index (χ0v) is 6.24. The highest BCUT2D eigenvalue weighted by Gasteiger charge is 2.21. The van der Waals surface area contributed by atoms with Crippen LogP contribution >= 0.6 is 0 Å². The van der Waals surface area contributed by atoms with Crippen LogP contribution in [0.2, 0.25) is 0 Å². The van der Waals surface area contributed by atoms with E-state index >= 15 is 0 Å². The molecule has 1 rings (SSSR count). The van der Waals surface area contributed by atoms with Crippen molar-refractivity contribution in [3.8, 4) is 5.75 Å². The van der Waals surface area contributed by atoms with Gasteiger partial charge in [-0.1, -0.05) is 6.07 Å². The molecule has 0 amide bonds. The Kier molecular flexibility index (Phi) is 1.95. The molecule has 0 saturated heterocycles. The van der Waals surface area contributed by atoms with Crippen molar-refractivity contribution in [2.45, 2.75) is 6.92 Å². The minimum atomic E-state index is -0.986. The number of phenols is 1. The summed E-state index contributed by atoms with van der Waals surface area (Å²) in [6.45, 7) is 1.39. The summed E-state index contributed by atoms with van der Waals surface area (Å²) < 4.78 is 12.9. The molecule has 1 aromatic carbocycles. The van der Waals surface area contributed by atoms with E-state index in [4.69, 9.17) is 5.11 Å². The molecule has 0 bridgehead atoms. The number of nitro benzene ring substituents is 1. The topological polar surface area (TPSA) is 63.4 Å². The number of nitro groups is 1. The van der Waals surface area contributed by atoms with Crippen molar-refractivity contribution in [1.82, 2.24) is 0 Å². The summed E-state index contributed by atoms with van der Waals surface area (Å²) >= 11 is 0. The lowest BCUT2D eigenvalue weighted by Crippen LogP contribution is -1.94. The first-order valence-electron chi connectivity index (χ1n) is 3.16. The number of nitrogens with zero attached hydrogens (tertiary/aromatic N) is 1. The maximum absolute atomic E-state index is 12.9. The summed E-state index contributed by atoms with van der Waals surface area (Å²) in [6.07, 6.45) is 0. The molecule has 0 radical (unpaired) electrons. The van der Waals surface area contributed by atoms with Crippen molar-refractivity contribution in [2.75, 3.05) is 0 Å². The van der Waals surface area contributed by atoms with Gasteiger partial charge in [0, 0.05) is 0 Å². The molecule has 0 saturated carbocycles. The standard InChI is InChI=1S/C7H6FNO3/c1-4-2-3-5(10)7(6(4)8)9(11)12/h2-3,10H,1H3. The maximum Gasteiger partial charge on any atom is 0.346 e. The largest absolute Gasteiger partial charge is 0.502 e. The summed E-state index contributed by atoms with van der Waals surface area (Å²) in [4.78, 5) is 9.25. The number of aryl methyl sites for hydroxylation is 1. The molecule has 0 aliphatic rings. The summed E-state index contributed by atoms with van der Waals surface area (Å²) in [7, 11) is 0. The lowest BCUT2D eigenvalue weighted by atomic mass is 10.2. The van der Waals surface area contributed by atoms with Crippen molar-refractivity contribution < 1.29 is 14.4 Å². The number of rotatable bonds is 1. The van der Waals surface area contributed by atoms with Crippen molar-refractivity contribution in [3.63, 3.8) is 0 Å². The normalized spacial score (nSPS) is 9.83. The van der Waals surface area contributed by atoms with E-state index in [1.807, 2.05) is 0 Å². The van der Waals surface area contributed by atoms with E-state index in [0.717, 1.165) is 6.07 Å². The van der Waals surface area contributed by atoms with E-state index in [0.29, 0.717) is 0 Å². The quantitative estimate of drug-likeness (QED) is 0.517. The van der Waals surface area contributed by atoms with E-state index in [2.05, 4.69) is 0 Å². The third-order valence-electron chi connectivity index (χ3n) is 1.47. The van der Waals surface area contributed by atoms with Gasteiger partial charge in [0.15, 0.2) is 5.75 Å². The molecular weight excluding hydrogens is 165 g/mol. The Bertz CT molecular complexity index is 338. The molecule has 1 N–H and O–H groups in total. The van der Waals surface area contributed by atoms with Gasteiger partial charge in [0.2, 0.25) is 5.82 Å². The average molecular weight is 171 g/mol. The predicted octanol–water partition coefficient (Wildman–Crippen LogP) is 1.75. The molecule has 0 aromatic heterocycles. The van der Waals surface area contributed by atoms with Crippen LogP contribution in [0.25, 0.3) is 0 Å². The van der Waals surface area contributed by atoms with Gasteiger partial charge in [0.25, 0.3) is 0 Å². The van der Waals surface area contributed by atoms with Crippen LogP contribution in [0.3, 0.4) is 0 Å². The van der Waals surface area contributed by atoms with Crippen LogP contribution in [0.4, 0.5) is 10.1 Å². The second-order valence-electron chi connectivity index (χ2n) is 2.32. The van der Waals surface area contributed by atoms with Crippen LogP contribution in [0.15, 0.2) is 12.1 Å². The van der Waals surface area contributed by atoms with Gasteiger partial charge in [0.05, 0.1) is 4.92 Å². The zero-order chi connectivity index (χ0) is 9.30. The fourth-order valence-corrected chi connectivity index (χ4v) is 0.829. The number of hydrogen-bond acceptors (Lipinski definition) is 3. The first-order valence-corrected chi connectivity index (χ1v) is 3.16. The maximum atomic E-state index is 12.9. The molecular formula is C7H6FNO3.